The lowest BCUT2D eigenvalue weighted by molar-refractivity contribution is -0.141. The predicted octanol–water partition coefficient (Wildman–Crippen LogP) is 10.2. The van der Waals surface area contributed by atoms with Gasteiger partial charge in [-0.1, -0.05) is 71.8 Å². The smallest absolute Gasteiger partial charge is 0.497 e. The highest BCUT2D eigenvalue weighted by atomic mass is 16.7. The number of esters is 1. The van der Waals surface area contributed by atoms with E-state index in [-0.39, 0.29) is 19.2 Å². The SMILES string of the molecule is COc1cccc(C(=Cc2ccc(N(c3ccc(C)cc3)c3ccc(C)cc3)cc2)c2cccc(OC(=O)OCCCCOC(C)=O)c2)c1. The Bertz CT molecular complexity index is 1830. The number of benzene rings is 5. The van der Waals surface area contributed by atoms with Gasteiger partial charge < -0.3 is 23.8 Å². The van der Waals surface area contributed by atoms with E-state index in [4.69, 9.17) is 18.9 Å². The fraction of sp³-hybridized carbons (Fsp3) is 0.190. The molecule has 5 aromatic carbocycles. The number of anilines is 3. The van der Waals surface area contributed by atoms with Gasteiger partial charge in [0.1, 0.15) is 11.5 Å². The molecular weight excluding hydrogens is 614 g/mol. The summed E-state index contributed by atoms with van der Waals surface area (Å²) >= 11 is 0. The molecule has 250 valence electrons. The number of hydrogen-bond acceptors (Lipinski definition) is 7. The number of ether oxygens (including phenoxy) is 4. The average Bonchev–Trinajstić information content (AvgIpc) is 3.11. The third kappa shape index (κ3) is 9.84. The third-order valence-corrected chi connectivity index (χ3v) is 7.84. The second kappa shape index (κ2) is 16.8. The van der Waals surface area contributed by atoms with Crippen LogP contribution in [0.2, 0.25) is 0 Å². The normalized spacial score (nSPS) is 11.1. The third-order valence-electron chi connectivity index (χ3n) is 7.84. The molecule has 0 N–H and O–H groups in total. The van der Waals surface area contributed by atoms with Gasteiger partial charge in [0.15, 0.2) is 0 Å². The van der Waals surface area contributed by atoms with Gasteiger partial charge >= 0.3 is 12.1 Å². The van der Waals surface area contributed by atoms with E-state index >= 15 is 0 Å². The first-order valence-corrected chi connectivity index (χ1v) is 16.3. The molecule has 49 heavy (non-hydrogen) atoms. The quantitative estimate of drug-likeness (QED) is 0.0541. The lowest BCUT2D eigenvalue weighted by Crippen LogP contribution is -2.12. The molecule has 0 bridgehead atoms. The number of carbonyl (C=O) groups excluding carboxylic acids is 2. The molecule has 0 aliphatic carbocycles. The number of aryl methyl sites for hydroxylation is 2. The second-order valence-corrected chi connectivity index (χ2v) is 11.7. The van der Waals surface area contributed by atoms with Crippen LogP contribution in [0.3, 0.4) is 0 Å². The molecule has 0 fully saturated rings. The molecule has 0 aliphatic rings. The van der Waals surface area contributed by atoms with Crippen molar-refractivity contribution in [3.05, 3.63) is 149 Å². The van der Waals surface area contributed by atoms with Gasteiger partial charge in [-0.05, 0) is 116 Å². The molecule has 0 radical (unpaired) electrons. The molecule has 0 aliphatic heterocycles. The van der Waals surface area contributed by atoms with Gasteiger partial charge in [-0.25, -0.2) is 4.79 Å². The van der Waals surface area contributed by atoms with Crippen molar-refractivity contribution in [3.8, 4) is 11.5 Å². The van der Waals surface area contributed by atoms with E-state index in [1.807, 2.05) is 42.5 Å². The second-order valence-electron chi connectivity index (χ2n) is 11.7. The zero-order valence-electron chi connectivity index (χ0n) is 28.3. The summed E-state index contributed by atoms with van der Waals surface area (Å²) in [4.78, 5) is 25.6. The van der Waals surface area contributed by atoms with Crippen molar-refractivity contribution in [1.82, 2.24) is 0 Å². The van der Waals surface area contributed by atoms with E-state index in [1.54, 1.807) is 13.2 Å². The van der Waals surface area contributed by atoms with E-state index in [1.165, 1.54) is 18.1 Å². The zero-order valence-corrected chi connectivity index (χ0v) is 28.3. The summed E-state index contributed by atoms with van der Waals surface area (Å²) in [6.45, 7) is 5.99. The van der Waals surface area contributed by atoms with Gasteiger partial charge in [-0.3, -0.25) is 4.79 Å². The first-order chi connectivity index (χ1) is 23.8. The first kappa shape index (κ1) is 34.5. The van der Waals surface area contributed by atoms with Crippen LogP contribution in [-0.4, -0.2) is 32.4 Å². The maximum absolute atomic E-state index is 12.4. The standard InChI is InChI=1S/C42H41NO6/c1-30-13-19-36(20-14-30)43(37-21-15-31(2)16-22-37)38-23-17-33(18-24-38)27-41(34-9-7-11-39(28-34)46-4)35-10-8-12-40(29-35)49-42(45)48-26-6-5-25-47-32(3)44/h7-24,27-29H,5-6,25-26H2,1-4H3. The Balaban J connectivity index is 1.42. The van der Waals surface area contributed by atoms with E-state index in [2.05, 4.69) is 97.6 Å². The predicted molar refractivity (Wildman–Crippen MR) is 195 cm³/mol. The van der Waals surface area contributed by atoms with Gasteiger partial charge in [0, 0.05) is 24.0 Å². The minimum atomic E-state index is -0.793. The van der Waals surface area contributed by atoms with Crippen LogP contribution in [0.5, 0.6) is 11.5 Å². The first-order valence-electron chi connectivity index (χ1n) is 16.3. The van der Waals surface area contributed by atoms with Gasteiger partial charge in [0.05, 0.1) is 20.3 Å². The Hall–Kier alpha value is -5.82. The summed E-state index contributed by atoms with van der Waals surface area (Å²) in [5.41, 5.74) is 9.31. The molecule has 7 heteroatoms. The molecule has 0 aromatic heterocycles. The van der Waals surface area contributed by atoms with Gasteiger partial charge in [0.2, 0.25) is 0 Å². The van der Waals surface area contributed by atoms with Crippen molar-refractivity contribution in [2.24, 2.45) is 0 Å². The maximum Gasteiger partial charge on any atom is 0.513 e. The summed E-state index contributed by atoms with van der Waals surface area (Å²) in [5.74, 6) is 0.760. The molecule has 5 aromatic rings. The number of nitrogens with zero attached hydrogens (tertiary/aromatic N) is 1. The van der Waals surface area contributed by atoms with Crippen molar-refractivity contribution in [2.45, 2.75) is 33.6 Å². The van der Waals surface area contributed by atoms with Crippen molar-refractivity contribution in [1.29, 1.82) is 0 Å². The summed E-state index contributed by atoms with van der Waals surface area (Å²) in [7, 11) is 1.64. The fourth-order valence-corrected chi connectivity index (χ4v) is 5.27. The minimum absolute atomic E-state index is 0.163. The Labute approximate surface area is 288 Å². The van der Waals surface area contributed by atoms with Crippen molar-refractivity contribution < 1.29 is 28.5 Å². The van der Waals surface area contributed by atoms with Gasteiger partial charge in [0.25, 0.3) is 0 Å². The van der Waals surface area contributed by atoms with Crippen LogP contribution in [-0.2, 0) is 14.3 Å². The summed E-state index contributed by atoms with van der Waals surface area (Å²) in [6.07, 6.45) is 2.46. The van der Waals surface area contributed by atoms with Crippen LogP contribution >= 0.6 is 0 Å². The topological polar surface area (TPSA) is 74.3 Å². The molecule has 7 nitrogen and oxygen atoms in total. The lowest BCUT2D eigenvalue weighted by Gasteiger charge is -2.26. The molecule has 0 unspecified atom stereocenters. The summed E-state index contributed by atoms with van der Waals surface area (Å²) in [6, 6.07) is 40.7. The van der Waals surface area contributed by atoms with E-state index in [0.717, 1.165) is 45.1 Å². The Morgan fingerprint density at radius 1 is 0.633 bits per heavy atom. The molecule has 0 heterocycles. The highest BCUT2D eigenvalue weighted by Crippen LogP contribution is 2.36. The Morgan fingerprint density at radius 3 is 1.65 bits per heavy atom. The van der Waals surface area contributed by atoms with Gasteiger partial charge in [-0.2, -0.15) is 0 Å². The molecule has 5 rings (SSSR count). The van der Waals surface area contributed by atoms with Crippen LogP contribution in [0.15, 0.2) is 121 Å². The average molecular weight is 656 g/mol. The van der Waals surface area contributed by atoms with Crippen molar-refractivity contribution >= 4 is 40.8 Å². The number of methoxy groups -OCH3 is 1. The minimum Gasteiger partial charge on any atom is -0.497 e. The number of unbranched alkanes of at least 4 members (excludes halogenated alkanes) is 1. The number of carbonyl (C=O) groups is 2. The van der Waals surface area contributed by atoms with Crippen molar-refractivity contribution in [3.63, 3.8) is 0 Å². The fourth-order valence-electron chi connectivity index (χ4n) is 5.27. The van der Waals surface area contributed by atoms with Crippen LogP contribution in [0.25, 0.3) is 11.6 Å². The molecule has 0 atom stereocenters. The monoisotopic (exact) mass is 655 g/mol. The number of rotatable bonds is 13. The summed E-state index contributed by atoms with van der Waals surface area (Å²) in [5, 5.41) is 0. The highest BCUT2D eigenvalue weighted by molar-refractivity contribution is 5.92. The van der Waals surface area contributed by atoms with E-state index in [9.17, 15) is 9.59 Å². The van der Waals surface area contributed by atoms with Crippen LogP contribution in [0.4, 0.5) is 21.9 Å². The summed E-state index contributed by atoms with van der Waals surface area (Å²) < 4.78 is 21.2. The van der Waals surface area contributed by atoms with Gasteiger partial charge in [-0.15, -0.1) is 0 Å². The molecule has 0 saturated heterocycles. The number of hydrogen-bond donors (Lipinski definition) is 0. The maximum atomic E-state index is 12.4. The van der Waals surface area contributed by atoms with Crippen LogP contribution in [0.1, 0.15) is 47.6 Å². The molecule has 0 saturated carbocycles. The highest BCUT2D eigenvalue weighted by Gasteiger charge is 2.14. The molecule has 0 amide bonds. The van der Waals surface area contributed by atoms with Crippen LogP contribution < -0.4 is 14.4 Å². The lowest BCUT2D eigenvalue weighted by atomic mass is 9.95. The van der Waals surface area contributed by atoms with E-state index in [0.29, 0.717) is 18.6 Å². The Kier molecular flexibility index (Phi) is 11.9. The zero-order chi connectivity index (χ0) is 34.6. The van der Waals surface area contributed by atoms with Crippen LogP contribution in [0, 0.1) is 13.8 Å². The van der Waals surface area contributed by atoms with Crippen molar-refractivity contribution in [2.75, 3.05) is 25.2 Å². The largest absolute Gasteiger partial charge is 0.513 e. The molecular formula is C42H41NO6. The van der Waals surface area contributed by atoms with E-state index < -0.39 is 6.16 Å². The molecule has 0 spiro atoms. The Morgan fingerprint density at radius 2 is 1.12 bits per heavy atom.